The lowest BCUT2D eigenvalue weighted by Gasteiger charge is -2.19. The molecule has 0 aliphatic rings. The zero-order valence-electron chi connectivity index (χ0n) is 9.78. The summed E-state index contributed by atoms with van der Waals surface area (Å²) in [7, 11) is 0. The first-order valence-corrected chi connectivity index (χ1v) is 4.97. The first-order valence-electron chi connectivity index (χ1n) is 4.97. The molecule has 0 saturated carbocycles. The Bertz CT molecular complexity index is 460. The molecule has 0 atom stereocenters. The van der Waals surface area contributed by atoms with E-state index in [1.807, 2.05) is 0 Å². The molecule has 0 aromatic heterocycles. The number of ether oxygens (including phenoxy) is 1. The summed E-state index contributed by atoms with van der Waals surface area (Å²) >= 11 is 0. The van der Waals surface area contributed by atoms with E-state index in [-0.39, 0.29) is 11.1 Å². The molecule has 0 unspecified atom stereocenters. The van der Waals surface area contributed by atoms with Gasteiger partial charge in [0.1, 0.15) is 11.4 Å². The molecule has 92 valence electrons. The molecule has 4 nitrogen and oxygen atoms in total. The van der Waals surface area contributed by atoms with Gasteiger partial charge in [-0.15, -0.1) is 0 Å². The summed E-state index contributed by atoms with van der Waals surface area (Å²) in [5, 5.41) is 8.74. The molecule has 5 heteroatoms. The van der Waals surface area contributed by atoms with E-state index in [0.29, 0.717) is 0 Å². The number of benzene rings is 1. The summed E-state index contributed by atoms with van der Waals surface area (Å²) < 4.78 is 18.3. The van der Waals surface area contributed by atoms with Crippen LogP contribution in [0, 0.1) is 5.82 Å². The molecule has 1 N–H and O–H groups in total. The van der Waals surface area contributed by atoms with Crippen molar-refractivity contribution in [3.05, 3.63) is 35.1 Å². The van der Waals surface area contributed by atoms with E-state index in [2.05, 4.69) is 0 Å². The van der Waals surface area contributed by atoms with Crippen LogP contribution in [0.2, 0.25) is 0 Å². The minimum Gasteiger partial charge on any atom is -0.478 e. The van der Waals surface area contributed by atoms with Gasteiger partial charge in [0.05, 0.1) is 11.1 Å². The number of rotatable bonds is 2. The number of hydrogen-bond donors (Lipinski definition) is 1. The SMILES string of the molecule is CC(C)(C)OC(=O)c1cc(C(=O)O)ccc1F. The molecule has 1 rings (SSSR count). The number of carbonyl (C=O) groups excluding carboxylic acids is 1. The predicted molar refractivity (Wildman–Crippen MR) is 58.5 cm³/mol. The Morgan fingerprint density at radius 1 is 1.29 bits per heavy atom. The smallest absolute Gasteiger partial charge is 0.341 e. The Hall–Kier alpha value is -1.91. The molecule has 1 aromatic carbocycles. The van der Waals surface area contributed by atoms with Crippen molar-refractivity contribution in [1.29, 1.82) is 0 Å². The maximum Gasteiger partial charge on any atom is 0.341 e. The molecule has 0 aliphatic heterocycles. The second-order valence-corrected chi connectivity index (χ2v) is 4.50. The van der Waals surface area contributed by atoms with Gasteiger partial charge in [0.15, 0.2) is 0 Å². The van der Waals surface area contributed by atoms with E-state index in [1.54, 1.807) is 20.8 Å². The molecular formula is C12H13FO4. The van der Waals surface area contributed by atoms with Gasteiger partial charge in [-0.2, -0.15) is 0 Å². The summed E-state index contributed by atoms with van der Waals surface area (Å²) in [6, 6.07) is 2.99. The Kier molecular flexibility index (Phi) is 3.50. The molecule has 0 bridgehead atoms. The number of esters is 1. The van der Waals surface area contributed by atoms with Gasteiger partial charge >= 0.3 is 11.9 Å². The van der Waals surface area contributed by atoms with Gasteiger partial charge in [-0.25, -0.2) is 14.0 Å². The Labute approximate surface area is 98.0 Å². The molecule has 0 heterocycles. The number of carboxylic acid groups (broad SMARTS) is 1. The zero-order valence-corrected chi connectivity index (χ0v) is 9.78. The Morgan fingerprint density at radius 2 is 1.88 bits per heavy atom. The normalized spacial score (nSPS) is 11.1. The van der Waals surface area contributed by atoms with E-state index in [0.717, 1.165) is 18.2 Å². The van der Waals surface area contributed by atoms with Gasteiger partial charge in [-0.05, 0) is 39.0 Å². The lowest BCUT2D eigenvalue weighted by molar-refractivity contribution is 0.00647. The molecule has 17 heavy (non-hydrogen) atoms. The second kappa shape index (κ2) is 4.53. The van der Waals surface area contributed by atoms with Crippen LogP contribution in [0.15, 0.2) is 18.2 Å². The molecular weight excluding hydrogens is 227 g/mol. The highest BCUT2D eigenvalue weighted by Crippen LogP contribution is 2.16. The molecule has 0 fully saturated rings. The largest absolute Gasteiger partial charge is 0.478 e. The second-order valence-electron chi connectivity index (χ2n) is 4.50. The average Bonchev–Trinajstić information content (AvgIpc) is 2.14. The van der Waals surface area contributed by atoms with Crippen molar-refractivity contribution in [3.8, 4) is 0 Å². The molecule has 0 radical (unpaired) electrons. The fourth-order valence-electron chi connectivity index (χ4n) is 1.15. The third-order valence-electron chi connectivity index (χ3n) is 1.83. The minimum atomic E-state index is -1.23. The summed E-state index contributed by atoms with van der Waals surface area (Å²) in [6.45, 7) is 4.93. The van der Waals surface area contributed by atoms with Crippen molar-refractivity contribution in [2.24, 2.45) is 0 Å². The maximum absolute atomic E-state index is 13.4. The van der Waals surface area contributed by atoms with Crippen LogP contribution in [0.1, 0.15) is 41.5 Å². The van der Waals surface area contributed by atoms with Crippen molar-refractivity contribution in [1.82, 2.24) is 0 Å². The van der Waals surface area contributed by atoms with Gasteiger partial charge in [0.2, 0.25) is 0 Å². The zero-order chi connectivity index (χ0) is 13.2. The van der Waals surface area contributed by atoms with Crippen LogP contribution in [0.4, 0.5) is 4.39 Å². The summed E-state index contributed by atoms with van der Waals surface area (Å²) in [6.07, 6.45) is 0. The number of hydrogen-bond acceptors (Lipinski definition) is 3. The summed E-state index contributed by atoms with van der Waals surface area (Å²) in [5.41, 5.74) is -1.30. The average molecular weight is 240 g/mol. The third kappa shape index (κ3) is 3.55. The van der Waals surface area contributed by atoms with Crippen LogP contribution in [0.5, 0.6) is 0 Å². The fourth-order valence-corrected chi connectivity index (χ4v) is 1.15. The van der Waals surface area contributed by atoms with Crippen molar-refractivity contribution < 1.29 is 23.8 Å². The summed E-state index contributed by atoms with van der Waals surface area (Å²) in [5.74, 6) is -2.91. The highest BCUT2D eigenvalue weighted by molar-refractivity contribution is 5.94. The number of carboxylic acids is 1. The standard InChI is InChI=1S/C12H13FO4/c1-12(2,3)17-11(16)8-6-7(10(14)15)4-5-9(8)13/h4-6H,1-3H3,(H,14,15). The highest BCUT2D eigenvalue weighted by Gasteiger charge is 2.21. The molecule has 0 amide bonds. The number of carbonyl (C=O) groups is 2. The van der Waals surface area contributed by atoms with Gasteiger partial charge in [0, 0.05) is 0 Å². The molecule has 0 saturated heterocycles. The van der Waals surface area contributed by atoms with Crippen molar-refractivity contribution in [2.75, 3.05) is 0 Å². The van der Waals surface area contributed by atoms with E-state index in [4.69, 9.17) is 9.84 Å². The molecule has 1 aromatic rings. The molecule has 0 spiro atoms. The lowest BCUT2D eigenvalue weighted by Crippen LogP contribution is -2.24. The van der Waals surface area contributed by atoms with Crippen LogP contribution in [-0.2, 0) is 4.74 Å². The first kappa shape index (κ1) is 13.2. The van der Waals surface area contributed by atoms with E-state index in [1.165, 1.54) is 0 Å². The van der Waals surface area contributed by atoms with E-state index < -0.39 is 23.4 Å². The number of aromatic carboxylic acids is 1. The van der Waals surface area contributed by atoms with Crippen molar-refractivity contribution >= 4 is 11.9 Å². The van der Waals surface area contributed by atoms with Crippen LogP contribution < -0.4 is 0 Å². The topological polar surface area (TPSA) is 63.6 Å². The fraction of sp³-hybridized carbons (Fsp3) is 0.333. The first-order chi connectivity index (χ1) is 7.70. The minimum absolute atomic E-state index is 0.160. The van der Waals surface area contributed by atoms with Crippen molar-refractivity contribution in [2.45, 2.75) is 26.4 Å². The third-order valence-corrected chi connectivity index (χ3v) is 1.83. The number of halogens is 1. The molecule has 0 aliphatic carbocycles. The van der Waals surface area contributed by atoms with Gasteiger partial charge in [-0.1, -0.05) is 0 Å². The van der Waals surface area contributed by atoms with Crippen LogP contribution in [-0.4, -0.2) is 22.6 Å². The monoisotopic (exact) mass is 240 g/mol. The van der Waals surface area contributed by atoms with Gasteiger partial charge in [-0.3, -0.25) is 0 Å². The van der Waals surface area contributed by atoms with Crippen molar-refractivity contribution in [3.63, 3.8) is 0 Å². The van der Waals surface area contributed by atoms with Gasteiger partial charge < -0.3 is 9.84 Å². The van der Waals surface area contributed by atoms with Gasteiger partial charge in [0.25, 0.3) is 0 Å². The van der Waals surface area contributed by atoms with E-state index >= 15 is 0 Å². The van der Waals surface area contributed by atoms with Crippen LogP contribution in [0.25, 0.3) is 0 Å². The maximum atomic E-state index is 13.4. The van der Waals surface area contributed by atoms with E-state index in [9.17, 15) is 14.0 Å². The Morgan fingerprint density at radius 3 is 2.35 bits per heavy atom. The van der Waals surface area contributed by atoms with Crippen LogP contribution in [0.3, 0.4) is 0 Å². The summed E-state index contributed by atoms with van der Waals surface area (Å²) in [4.78, 5) is 22.3. The Balaban J connectivity index is 3.08. The van der Waals surface area contributed by atoms with Crippen LogP contribution >= 0.6 is 0 Å². The quantitative estimate of drug-likeness (QED) is 0.806. The highest BCUT2D eigenvalue weighted by atomic mass is 19.1. The predicted octanol–water partition coefficient (Wildman–Crippen LogP) is 2.48. The lowest BCUT2D eigenvalue weighted by atomic mass is 10.1.